The molecule has 0 bridgehead atoms. The number of rotatable bonds is 2. The molecule has 4 heteroatoms. The van der Waals surface area contributed by atoms with Gasteiger partial charge in [0, 0.05) is 19.7 Å². The first kappa shape index (κ1) is 11.2. The van der Waals surface area contributed by atoms with E-state index in [4.69, 9.17) is 5.11 Å². The van der Waals surface area contributed by atoms with Crippen molar-refractivity contribution in [2.75, 3.05) is 14.1 Å². The zero-order valence-electron chi connectivity index (χ0n) is 8.94. The number of carboxylic acid groups (broad SMARTS) is 1. The lowest BCUT2D eigenvalue weighted by Crippen LogP contribution is -2.21. The van der Waals surface area contributed by atoms with Gasteiger partial charge in [-0.05, 0) is 30.7 Å². The molecule has 0 aliphatic carbocycles. The summed E-state index contributed by atoms with van der Waals surface area (Å²) < 4.78 is 0. The van der Waals surface area contributed by atoms with Crippen molar-refractivity contribution in [1.82, 2.24) is 4.90 Å². The minimum Gasteiger partial charge on any atom is -0.478 e. The van der Waals surface area contributed by atoms with Crippen LogP contribution in [0.1, 0.15) is 26.3 Å². The van der Waals surface area contributed by atoms with Gasteiger partial charge in [0.1, 0.15) is 0 Å². The Kier molecular flexibility index (Phi) is 3.09. The van der Waals surface area contributed by atoms with Crippen molar-refractivity contribution < 1.29 is 14.7 Å². The topological polar surface area (TPSA) is 57.6 Å². The van der Waals surface area contributed by atoms with Crippen molar-refractivity contribution in [3.8, 4) is 0 Å². The molecular weight excluding hydrogens is 194 g/mol. The van der Waals surface area contributed by atoms with Gasteiger partial charge >= 0.3 is 5.97 Å². The Hall–Kier alpha value is -1.84. The molecule has 0 spiro atoms. The lowest BCUT2D eigenvalue weighted by Gasteiger charge is -2.11. The fourth-order valence-corrected chi connectivity index (χ4v) is 1.29. The highest BCUT2D eigenvalue weighted by Crippen LogP contribution is 2.12. The number of hydrogen-bond acceptors (Lipinski definition) is 2. The van der Waals surface area contributed by atoms with Gasteiger partial charge in [-0.3, -0.25) is 4.79 Å². The van der Waals surface area contributed by atoms with Gasteiger partial charge in [0.15, 0.2) is 0 Å². The fourth-order valence-electron chi connectivity index (χ4n) is 1.29. The molecule has 0 saturated carbocycles. The van der Waals surface area contributed by atoms with E-state index in [-0.39, 0.29) is 11.5 Å². The number of carbonyl (C=O) groups is 2. The number of carbonyl (C=O) groups excluding carboxylic acids is 1. The van der Waals surface area contributed by atoms with Crippen LogP contribution < -0.4 is 0 Å². The van der Waals surface area contributed by atoms with Crippen molar-refractivity contribution in [2.45, 2.75) is 6.92 Å². The van der Waals surface area contributed by atoms with Gasteiger partial charge in [0.25, 0.3) is 5.91 Å². The molecule has 0 aliphatic rings. The molecule has 1 N–H and O–H groups in total. The fraction of sp³-hybridized carbons (Fsp3) is 0.273. The van der Waals surface area contributed by atoms with Crippen LogP contribution in [-0.4, -0.2) is 36.0 Å². The van der Waals surface area contributed by atoms with Gasteiger partial charge in [-0.25, -0.2) is 4.79 Å². The smallest absolute Gasteiger partial charge is 0.335 e. The standard InChI is InChI=1S/C11H13NO3/c1-7-6-8(10(13)12(2)3)4-5-9(7)11(14)15/h4-6H,1-3H3,(H,14,15). The van der Waals surface area contributed by atoms with E-state index >= 15 is 0 Å². The summed E-state index contributed by atoms with van der Waals surface area (Å²) in [5.41, 5.74) is 1.32. The molecule has 1 aromatic carbocycles. The van der Waals surface area contributed by atoms with Crippen molar-refractivity contribution in [3.05, 3.63) is 34.9 Å². The Labute approximate surface area is 88.1 Å². The van der Waals surface area contributed by atoms with E-state index in [1.54, 1.807) is 27.1 Å². The molecule has 1 amide bonds. The lowest BCUT2D eigenvalue weighted by atomic mass is 10.0. The van der Waals surface area contributed by atoms with E-state index in [2.05, 4.69) is 0 Å². The van der Waals surface area contributed by atoms with E-state index in [0.29, 0.717) is 11.1 Å². The van der Waals surface area contributed by atoms with Crippen LogP contribution in [0.5, 0.6) is 0 Å². The number of hydrogen-bond donors (Lipinski definition) is 1. The van der Waals surface area contributed by atoms with Gasteiger partial charge in [0.2, 0.25) is 0 Å². The molecule has 0 heterocycles. The molecule has 80 valence electrons. The third-order valence-electron chi connectivity index (χ3n) is 2.11. The molecule has 0 atom stereocenters. The lowest BCUT2D eigenvalue weighted by molar-refractivity contribution is 0.0694. The first-order valence-corrected chi connectivity index (χ1v) is 4.49. The maximum atomic E-state index is 11.6. The number of benzene rings is 1. The Morgan fingerprint density at radius 1 is 1.27 bits per heavy atom. The second-order valence-electron chi connectivity index (χ2n) is 3.53. The SMILES string of the molecule is Cc1cc(C(=O)N(C)C)ccc1C(=O)O. The number of amides is 1. The summed E-state index contributed by atoms with van der Waals surface area (Å²) in [6.07, 6.45) is 0. The molecule has 0 aromatic heterocycles. The first-order valence-electron chi connectivity index (χ1n) is 4.49. The van der Waals surface area contributed by atoms with E-state index in [1.165, 1.54) is 17.0 Å². The first-order chi connectivity index (χ1) is 6.93. The van der Waals surface area contributed by atoms with Gasteiger partial charge in [-0.2, -0.15) is 0 Å². The summed E-state index contributed by atoms with van der Waals surface area (Å²) in [5.74, 6) is -1.11. The van der Waals surface area contributed by atoms with Gasteiger partial charge in [-0.1, -0.05) is 0 Å². The summed E-state index contributed by atoms with van der Waals surface area (Å²) in [6, 6.07) is 4.57. The number of nitrogens with zero attached hydrogens (tertiary/aromatic N) is 1. The highest BCUT2D eigenvalue weighted by molar-refractivity contribution is 5.96. The zero-order chi connectivity index (χ0) is 11.6. The van der Waals surface area contributed by atoms with Crippen LogP contribution in [0.3, 0.4) is 0 Å². The molecule has 15 heavy (non-hydrogen) atoms. The second-order valence-corrected chi connectivity index (χ2v) is 3.53. The van der Waals surface area contributed by atoms with Crippen LogP contribution >= 0.6 is 0 Å². The minimum atomic E-state index is -0.976. The van der Waals surface area contributed by atoms with Crippen LogP contribution in [0.2, 0.25) is 0 Å². The third-order valence-corrected chi connectivity index (χ3v) is 2.11. The molecular formula is C11H13NO3. The normalized spacial score (nSPS) is 9.80. The van der Waals surface area contributed by atoms with Crippen molar-refractivity contribution in [2.24, 2.45) is 0 Å². The zero-order valence-corrected chi connectivity index (χ0v) is 8.94. The quantitative estimate of drug-likeness (QED) is 0.797. The molecule has 0 aliphatic heterocycles. The Balaban J connectivity index is 3.12. The molecule has 0 saturated heterocycles. The van der Waals surface area contributed by atoms with E-state index < -0.39 is 5.97 Å². The van der Waals surface area contributed by atoms with Crippen LogP contribution in [-0.2, 0) is 0 Å². The second kappa shape index (κ2) is 4.13. The average molecular weight is 207 g/mol. The Morgan fingerprint density at radius 2 is 1.87 bits per heavy atom. The van der Waals surface area contributed by atoms with E-state index in [0.717, 1.165) is 0 Å². The van der Waals surface area contributed by atoms with E-state index in [1.807, 2.05) is 0 Å². The largest absolute Gasteiger partial charge is 0.478 e. The van der Waals surface area contributed by atoms with Gasteiger partial charge in [-0.15, -0.1) is 0 Å². The highest BCUT2D eigenvalue weighted by Gasteiger charge is 2.12. The van der Waals surface area contributed by atoms with Crippen molar-refractivity contribution in [1.29, 1.82) is 0 Å². The third kappa shape index (κ3) is 2.34. The monoisotopic (exact) mass is 207 g/mol. The summed E-state index contributed by atoms with van der Waals surface area (Å²) in [6.45, 7) is 1.68. The summed E-state index contributed by atoms with van der Waals surface area (Å²) in [4.78, 5) is 23.8. The minimum absolute atomic E-state index is 0.130. The Bertz CT molecular complexity index is 410. The van der Waals surface area contributed by atoms with Gasteiger partial charge in [0.05, 0.1) is 5.56 Å². The molecule has 1 aromatic rings. The number of carboxylic acids is 1. The summed E-state index contributed by atoms with van der Waals surface area (Å²) in [5, 5.41) is 8.81. The van der Waals surface area contributed by atoms with Crippen LogP contribution in [0.15, 0.2) is 18.2 Å². The predicted molar refractivity (Wildman–Crippen MR) is 56.2 cm³/mol. The maximum Gasteiger partial charge on any atom is 0.335 e. The van der Waals surface area contributed by atoms with Crippen molar-refractivity contribution >= 4 is 11.9 Å². The van der Waals surface area contributed by atoms with Crippen molar-refractivity contribution in [3.63, 3.8) is 0 Å². The van der Waals surface area contributed by atoms with E-state index in [9.17, 15) is 9.59 Å². The molecule has 4 nitrogen and oxygen atoms in total. The summed E-state index contributed by atoms with van der Waals surface area (Å²) >= 11 is 0. The van der Waals surface area contributed by atoms with Crippen LogP contribution in [0.25, 0.3) is 0 Å². The molecule has 1 rings (SSSR count). The maximum absolute atomic E-state index is 11.6. The summed E-state index contributed by atoms with van der Waals surface area (Å²) in [7, 11) is 3.31. The van der Waals surface area contributed by atoms with Gasteiger partial charge < -0.3 is 10.0 Å². The highest BCUT2D eigenvalue weighted by atomic mass is 16.4. The molecule has 0 radical (unpaired) electrons. The number of aryl methyl sites for hydroxylation is 1. The molecule has 0 fully saturated rings. The predicted octanol–water partition coefficient (Wildman–Crippen LogP) is 1.40. The van der Waals surface area contributed by atoms with Crippen LogP contribution in [0, 0.1) is 6.92 Å². The molecule has 0 unspecified atom stereocenters. The number of aromatic carboxylic acids is 1. The average Bonchev–Trinajstić information content (AvgIpc) is 2.15. The Morgan fingerprint density at radius 3 is 2.27 bits per heavy atom. The van der Waals surface area contributed by atoms with Crippen LogP contribution in [0.4, 0.5) is 0 Å².